The minimum atomic E-state index is -0.524. The van der Waals surface area contributed by atoms with Crippen LogP contribution < -0.4 is 15.7 Å². The molecule has 1 amide bonds. The molecule has 266 valence electrons. The lowest BCUT2D eigenvalue weighted by molar-refractivity contribution is -0.136. The molecule has 0 aliphatic heterocycles. The standard InChI is InChI=1S/C40H35N7O6/c1-23(2)28-20-29(33(49)21-32(28)48)39-43-44-40(52)47(39)27-9-10-30-24(19-27)13-16-45(30)17-14-41-35(50)11-12-36(51)53-34-8-5-6-25-18-26-22-46-15-4-3-7-31(46)37(26)42-38(25)34/h3-10,13,15-16,18-23,48-49H,11-12,14,17H2,1-2H3,(H,41,50)(H,44,52). The molecule has 4 N–H and O–H groups in total. The fourth-order valence-corrected chi connectivity index (χ4v) is 6.76. The summed E-state index contributed by atoms with van der Waals surface area (Å²) in [4.78, 5) is 43.2. The van der Waals surface area contributed by atoms with E-state index in [1.165, 1.54) is 10.6 Å². The van der Waals surface area contributed by atoms with Gasteiger partial charge in [-0.3, -0.25) is 9.59 Å². The third kappa shape index (κ3) is 6.22. The highest BCUT2D eigenvalue weighted by Gasteiger charge is 2.20. The van der Waals surface area contributed by atoms with Crippen molar-refractivity contribution in [3.63, 3.8) is 0 Å². The van der Waals surface area contributed by atoms with Gasteiger partial charge in [-0.25, -0.2) is 19.4 Å². The molecule has 0 unspecified atom stereocenters. The molecule has 5 aromatic heterocycles. The van der Waals surface area contributed by atoms with E-state index < -0.39 is 11.7 Å². The number of rotatable bonds is 10. The molecule has 0 saturated carbocycles. The van der Waals surface area contributed by atoms with Gasteiger partial charge in [-0.05, 0) is 66.1 Å². The van der Waals surface area contributed by atoms with Crippen molar-refractivity contribution in [3.05, 3.63) is 114 Å². The SMILES string of the molecule is CC(C)c1cc(-c2n[nH]c(=O)n2-c2ccc3c(ccn3CCNC(=O)CCC(=O)Oc3cccc4cc5cn6ccccc6c5nc34)c2)c(O)cc1O. The van der Waals surface area contributed by atoms with E-state index in [2.05, 4.69) is 15.5 Å². The average Bonchev–Trinajstić information content (AvgIpc) is 3.84. The summed E-state index contributed by atoms with van der Waals surface area (Å²) < 4.78 is 11.0. The number of pyridine rings is 2. The number of phenolic OH excluding ortho intramolecular Hbond substituents is 2. The fraction of sp³-hybridized carbons (Fsp3) is 0.175. The first kappa shape index (κ1) is 33.3. The van der Waals surface area contributed by atoms with Crippen LogP contribution in [0, 0.1) is 0 Å². The Hall–Kier alpha value is -6.89. The van der Waals surface area contributed by atoms with Gasteiger partial charge in [0, 0.05) is 65.8 Å². The molecular weight excluding hydrogens is 674 g/mol. The number of fused-ring (bicyclic) bond motifs is 5. The van der Waals surface area contributed by atoms with Crippen LogP contribution in [-0.2, 0) is 16.1 Å². The summed E-state index contributed by atoms with van der Waals surface area (Å²) in [5.74, 6) is -0.499. The first-order valence-electron chi connectivity index (χ1n) is 17.2. The molecule has 0 aliphatic carbocycles. The number of nitrogens with zero attached hydrogens (tertiary/aromatic N) is 5. The molecule has 0 aliphatic rings. The number of benzene rings is 3. The number of carbonyl (C=O) groups excluding carboxylic acids is 2. The number of ether oxygens (including phenoxy) is 1. The van der Waals surface area contributed by atoms with Crippen LogP contribution in [0.4, 0.5) is 0 Å². The number of aromatic nitrogens is 6. The van der Waals surface area contributed by atoms with E-state index >= 15 is 0 Å². The van der Waals surface area contributed by atoms with Crippen molar-refractivity contribution in [1.29, 1.82) is 0 Å². The van der Waals surface area contributed by atoms with Crippen LogP contribution in [-0.4, -0.2) is 57.4 Å². The van der Waals surface area contributed by atoms with Gasteiger partial charge < -0.3 is 29.2 Å². The number of phenols is 2. The number of aromatic hydroxyl groups is 2. The lowest BCUT2D eigenvalue weighted by Crippen LogP contribution is -2.27. The van der Waals surface area contributed by atoms with Gasteiger partial charge in [-0.1, -0.05) is 32.0 Å². The summed E-state index contributed by atoms with van der Waals surface area (Å²) >= 11 is 0. The molecule has 8 rings (SSSR count). The Kier molecular flexibility index (Phi) is 8.37. The van der Waals surface area contributed by atoms with E-state index in [0.29, 0.717) is 41.2 Å². The number of hydrogen-bond acceptors (Lipinski definition) is 8. The first-order chi connectivity index (χ1) is 25.6. The highest BCUT2D eigenvalue weighted by Crippen LogP contribution is 2.37. The Morgan fingerprint density at radius 3 is 2.58 bits per heavy atom. The topological polar surface area (TPSA) is 169 Å². The quantitative estimate of drug-likeness (QED) is 0.0965. The number of para-hydroxylation sites is 1. The van der Waals surface area contributed by atoms with E-state index in [1.807, 2.05) is 96.0 Å². The third-order valence-corrected chi connectivity index (χ3v) is 9.40. The Balaban J connectivity index is 0.899. The zero-order chi connectivity index (χ0) is 36.8. The number of amides is 1. The van der Waals surface area contributed by atoms with Gasteiger partial charge in [0.2, 0.25) is 5.91 Å². The van der Waals surface area contributed by atoms with Crippen molar-refractivity contribution in [1.82, 2.24) is 34.0 Å². The smallest absolute Gasteiger partial charge is 0.348 e. The summed E-state index contributed by atoms with van der Waals surface area (Å²) in [6, 6.07) is 23.6. The van der Waals surface area contributed by atoms with Gasteiger partial charge in [0.05, 0.1) is 28.7 Å². The molecule has 8 aromatic rings. The highest BCUT2D eigenvalue weighted by molar-refractivity contribution is 6.02. The molecular formula is C40H35N7O6. The highest BCUT2D eigenvalue weighted by atomic mass is 16.5. The van der Waals surface area contributed by atoms with Crippen LogP contribution in [0.5, 0.6) is 17.2 Å². The molecule has 3 aromatic carbocycles. The second-order valence-electron chi connectivity index (χ2n) is 13.2. The monoisotopic (exact) mass is 709 g/mol. The number of aromatic amines is 1. The number of carbonyl (C=O) groups is 2. The summed E-state index contributed by atoms with van der Waals surface area (Å²) in [6.45, 7) is 4.64. The minimum Gasteiger partial charge on any atom is -0.508 e. The van der Waals surface area contributed by atoms with E-state index in [1.54, 1.807) is 18.2 Å². The average molecular weight is 710 g/mol. The van der Waals surface area contributed by atoms with Crippen LogP contribution in [0.3, 0.4) is 0 Å². The number of H-pyrrole nitrogens is 1. The molecule has 13 nitrogen and oxygen atoms in total. The molecule has 5 heterocycles. The van der Waals surface area contributed by atoms with E-state index in [-0.39, 0.29) is 42.0 Å². The van der Waals surface area contributed by atoms with Crippen molar-refractivity contribution >= 4 is 50.1 Å². The molecule has 0 saturated heterocycles. The van der Waals surface area contributed by atoms with Gasteiger partial charge in [0.1, 0.15) is 17.0 Å². The van der Waals surface area contributed by atoms with Crippen LogP contribution in [0.15, 0.2) is 102 Å². The van der Waals surface area contributed by atoms with E-state index in [4.69, 9.17) is 9.72 Å². The van der Waals surface area contributed by atoms with Crippen molar-refractivity contribution in [3.8, 4) is 34.3 Å². The number of esters is 1. The van der Waals surface area contributed by atoms with E-state index in [0.717, 1.165) is 32.7 Å². The van der Waals surface area contributed by atoms with Crippen LogP contribution in [0.2, 0.25) is 0 Å². The predicted octanol–water partition coefficient (Wildman–Crippen LogP) is 6.17. The number of nitrogens with one attached hydrogen (secondary N) is 2. The molecule has 0 spiro atoms. The molecule has 0 radical (unpaired) electrons. The summed E-state index contributed by atoms with van der Waals surface area (Å²) in [7, 11) is 0. The van der Waals surface area contributed by atoms with E-state index in [9.17, 15) is 24.6 Å². The maximum absolute atomic E-state index is 12.9. The van der Waals surface area contributed by atoms with Crippen molar-refractivity contribution < 1.29 is 24.5 Å². The molecule has 13 heteroatoms. The van der Waals surface area contributed by atoms with Gasteiger partial charge >= 0.3 is 11.7 Å². The Morgan fingerprint density at radius 1 is 0.868 bits per heavy atom. The van der Waals surface area contributed by atoms with Gasteiger partial charge in [-0.2, -0.15) is 5.10 Å². The third-order valence-electron chi connectivity index (χ3n) is 9.40. The predicted molar refractivity (Wildman–Crippen MR) is 201 cm³/mol. The summed E-state index contributed by atoms with van der Waals surface area (Å²) in [6.07, 6.45) is 5.74. The van der Waals surface area contributed by atoms with Crippen LogP contribution >= 0.6 is 0 Å². The fourth-order valence-electron chi connectivity index (χ4n) is 6.76. The second kappa shape index (κ2) is 13.3. The summed E-state index contributed by atoms with van der Waals surface area (Å²) in [5.41, 5.74) is 4.21. The normalized spacial score (nSPS) is 11.7. The van der Waals surface area contributed by atoms with Gasteiger partial charge in [0.25, 0.3) is 0 Å². The maximum Gasteiger partial charge on any atom is 0.348 e. The van der Waals surface area contributed by atoms with Crippen LogP contribution in [0.25, 0.3) is 55.3 Å². The van der Waals surface area contributed by atoms with Gasteiger partial charge in [-0.15, -0.1) is 0 Å². The largest absolute Gasteiger partial charge is 0.508 e. The zero-order valence-electron chi connectivity index (χ0n) is 28.9. The van der Waals surface area contributed by atoms with Gasteiger partial charge in [0.15, 0.2) is 11.6 Å². The molecule has 53 heavy (non-hydrogen) atoms. The second-order valence-corrected chi connectivity index (χ2v) is 13.2. The molecule has 0 fully saturated rings. The van der Waals surface area contributed by atoms with Crippen molar-refractivity contribution in [2.24, 2.45) is 0 Å². The lowest BCUT2D eigenvalue weighted by atomic mass is 9.98. The van der Waals surface area contributed by atoms with Crippen molar-refractivity contribution in [2.45, 2.75) is 39.2 Å². The Bertz CT molecular complexity index is 2770. The summed E-state index contributed by atoms with van der Waals surface area (Å²) in [5, 5.41) is 33.1. The first-order valence-corrected chi connectivity index (χ1v) is 17.2. The Morgan fingerprint density at radius 2 is 1.74 bits per heavy atom. The minimum absolute atomic E-state index is 0.0246. The van der Waals surface area contributed by atoms with Crippen molar-refractivity contribution in [2.75, 3.05) is 6.54 Å². The lowest BCUT2D eigenvalue weighted by Gasteiger charge is -2.13. The Labute approximate surface area is 301 Å². The zero-order valence-corrected chi connectivity index (χ0v) is 28.9. The maximum atomic E-state index is 12.9. The molecule has 0 bridgehead atoms. The van der Waals surface area contributed by atoms with Crippen LogP contribution in [0.1, 0.15) is 38.2 Å². The molecule has 0 atom stereocenters. The number of hydrogen-bond donors (Lipinski definition) is 4.